The molecule has 6 heteroatoms. The summed E-state index contributed by atoms with van der Waals surface area (Å²) >= 11 is 6.00. The molecule has 2 aliphatic heterocycles. The fourth-order valence-electron chi connectivity index (χ4n) is 4.12. The van der Waals surface area contributed by atoms with Crippen LogP contribution < -0.4 is 14.8 Å². The molecule has 1 fully saturated rings. The van der Waals surface area contributed by atoms with Crippen LogP contribution in [0, 0.1) is 0 Å². The lowest BCUT2D eigenvalue weighted by Gasteiger charge is -2.24. The van der Waals surface area contributed by atoms with Gasteiger partial charge in [0.1, 0.15) is 5.60 Å². The van der Waals surface area contributed by atoms with Crippen molar-refractivity contribution in [1.29, 1.82) is 0 Å². The van der Waals surface area contributed by atoms with Gasteiger partial charge in [0, 0.05) is 48.2 Å². The molecule has 4 rings (SSSR count). The van der Waals surface area contributed by atoms with Crippen LogP contribution in [0.25, 0.3) is 0 Å². The molecule has 1 atom stereocenters. The van der Waals surface area contributed by atoms with Gasteiger partial charge in [0.15, 0.2) is 11.5 Å². The van der Waals surface area contributed by atoms with Gasteiger partial charge in [0.25, 0.3) is 5.91 Å². The highest BCUT2D eigenvalue weighted by molar-refractivity contribution is 6.30. The lowest BCUT2D eigenvalue weighted by molar-refractivity contribution is 0.0696. The third kappa shape index (κ3) is 4.51. The summed E-state index contributed by atoms with van der Waals surface area (Å²) in [5.41, 5.74) is 2.35. The Bertz CT molecular complexity index is 892. The van der Waals surface area contributed by atoms with Gasteiger partial charge in [0.2, 0.25) is 0 Å². The summed E-state index contributed by atoms with van der Waals surface area (Å²) in [5, 5.41) is 3.83. The van der Waals surface area contributed by atoms with Crippen LogP contribution in [0.3, 0.4) is 0 Å². The van der Waals surface area contributed by atoms with Crippen molar-refractivity contribution in [3.63, 3.8) is 0 Å². The molecule has 29 heavy (non-hydrogen) atoms. The molecule has 2 aliphatic rings. The van der Waals surface area contributed by atoms with Crippen LogP contribution in [0.2, 0.25) is 5.02 Å². The molecule has 1 amide bonds. The van der Waals surface area contributed by atoms with Crippen molar-refractivity contribution in [2.45, 2.75) is 44.2 Å². The zero-order valence-corrected chi connectivity index (χ0v) is 17.6. The first-order valence-electron chi connectivity index (χ1n) is 9.99. The SMILES string of the molecule is COc1cc(C(=O)NC2CCOCC2)cc2c1O[C@@](C)(Cc1ccc(Cl)cc1)C2. The number of benzene rings is 2. The predicted octanol–water partition coefficient (Wildman–Crippen LogP) is 4.19. The maximum atomic E-state index is 12.8. The Kier molecular flexibility index (Phi) is 5.70. The third-order valence-electron chi connectivity index (χ3n) is 5.57. The number of methoxy groups -OCH3 is 1. The van der Waals surface area contributed by atoms with E-state index in [2.05, 4.69) is 12.2 Å². The Morgan fingerprint density at radius 1 is 1.24 bits per heavy atom. The van der Waals surface area contributed by atoms with Crippen LogP contribution in [0.1, 0.15) is 41.3 Å². The quantitative estimate of drug-likeness (QED) is 0.795. The van der Waals surface area contributed by atoms with E-state index in [1.807, 2.05) is 30.3 Å². The van der Waals surface area contributed by atoms with E-state index in [1.165, 1.54) is 0 Å². The Morgan fingerprint density at radius 2 is 1.97 bits per heavy atom. The van der Waals surface area contributed by atoms with Crippen molar-refractivity contribution in [2.24, 2.45) is 0 Å². The summed E-state index contributed by atoms with van der Waals surface area (Å²) in [4.78, 5) is 12.8. The van der Waals surface area contributed by atoms with E-state index in [4.69, 9.17) is 25.8 Å². The van der Waals surface area contributed by atoms with Crippen LogP contribution in [-0.2, 0) is 17.6 Å². The van der Waals surface area contributed by atoms with Crippen LogP contribution in [0.4, 0.5) is 0 Å². The molecule has 5 nitrogen and oxygen atoms in total. The van der Waals surface area contributed by atoms with Gasteiger partial charge in [-0.25, -0.2) is 0 Å². The van der Waals surface area contributed by atoms with Gasteiger partial charge in [-0.1, -0.05) is 23.7 Å². The number of halogens is 1. The average Bonchev–Trinajstić information content (AvgIpc) is 3.05. The van der Waals surface area contributed by atoms with Crippen molar-refractivity contribution in [3.05, 3.63) is 58.1 Å². The first-order chi connectivity index (χ1) is 14.0. The number of carbonyl (C=O) groups is 1. The minimum Gasteiger partial charge on any atom is -0.493 e. The first kappa shape index (κ1) is 20.0. The van der Waals surface area contributed by atoms with Gasteiger partial charge < -0.3 is 19.5 Å². The van der Waals surface area contributed by atoms with E-state index in [1.54, 1.807) is 13.2 Å². The zero-order valence-electron chi connectivity index (χ0n) is 16.8. The molecule has 0 bridgehead atoms. The fourth-order valence-corrected chi connectivity index (χ4v) is 4.24. The largest absolute Gasteiger partial charge is 0.493 e. The van der Waals surface area contributed by atoms with Crippen LogP contribution in [-0.4, -0.2) is 37.9 Å². The summed E-state index contributed by atoms with van der Waals surface area (Å²) < 4.78 is 17.3. The molecule has 0 saturated carbocycles. The molecule has 154 valence electrons. The second kappa shape index (κ2) is 8.25. The Hall–Kier alpha value is -2.24. The second-order valence-corrected chi connectivity index (χ2v) is 8.50. The molecule has 1 saturated heterocycles. The van der Waals surface area contributed by atoms with Gasteiger partial charge >= 0.3 is 0 Å². The first-order valence-corrected chi connectivity index (χ1v) is 10.4. The second-order valence-electron chi connectivity index (χ2n) is 8.06. The molecular weight excluding hydrogens is 390 g/mol. The Balaban J connectivity index is 1.53. The number of amides is 1. The summed E-state index contributed by atoms with van der Waals surface area (Å²) in [6.07, 6.45) is 3.14. The lowest BCUT2D eigenvalue weighted by Crippen LogP contribution is -2.38. The maximum Gasteiger partial charge on any atom is 0.251 e. The Morgan fingerprint density at radius 3 is 2.66 bits per heavy atom. The molecule has 2 heterocycles. The van der Waals surface area contributed by atoms with Crippen molar-refractivity contribution in [3.8, 4) is 11.5 Å². The normalized spacial score (nSPS) is 21.3. The van der Waals surface area contributed by atoms with Gasteiger partial charge in [-0.2, -0.15) is 0 Å². The summed E-state index contributed by atoms with van der Waals surface area (Å²) in [7, 11) is 1.61. The number of hydrogen-bond donors (Lipinski definition) is 1. The number of rotatable bonds is 5. The molecule has 0 aliphatic carbocycles. The van der Waals surface area contributed by atoms with Crippen molar-refractivity contribution < 1.29 is 19.0 Å². The minimum atomic E-state index is -0.404. The standard InChI is InChI=1S/C23H26ClNO4/c1-23(13-15-3-5-18(24)6-4-15)14-17-11-16(12-20(27-2)21(17)29-23)22(26)25-19-7-9-28-10-8-19/h3-6,11-12,19H,7-10,13-14H2,1-2H3,(H,25,26)/t23-/m0/s1. The number of nitrogens with one attached hydrogen (secondary N) is 1. The van der Waals surface area contributed by atoms with E-state index in [9.17, 15) is 4.79 Å². The molecule has 0 radical (unpaired) electrons. The average molecular weight is 416 g/mol. The van der Waals surface area contributed by atoms with E-state index in [0.29, 0.717) is 30.9 Å². The summed E-state index contributed by atoms with van der Waals surface area (Å²) in [6, 6.07) is 11.7. The van der Waals surface area contributed by atoms with E-state index in [-0.39, 0.29) is 11.9 Å². The van der Waals surface area contributed by atoms with Crippen LogP contribution in [0.5, 0.6) is 11.5 Å². The monoisotopic (exact) mass is 415 g/mol. The molecule has 2 aromatic carbocycles. The van der Waals surface area contributed by atoms with Crippen molar-refractivity contribution in [2.75, 3.05) is 20.3 Å². The van der Waals surface area contributed by atoms with Crippen LogP contribution in [0.15, 0.2) is 36.4 Å². The minimum absolute atomic E-state index is 0.0793. The van der Waals surface area contributed by atoms with E-state index < -0.39 is 5.60 Å². The number of fused-ring (bicyclic) bond motifs is 1. The van der Waals surface area contributed by atoms with Gasteiger partial charge in [-0.3, -0.25) is 4.79 Å². The highest BCUT2D eigenvalue weighted by Crippen LogP contribution is 2.44. The molecule has 2 aromatic rings. The smallest absolute Gasteiger partial charge is 0.251 e. The molecule has 0 aromatic heterocycles. The summed E-state index contributed by atoms with van der Waals surface area (Å²) in [6.45, 7) is 3.47. The topological polar surface area (TPSA) is 56.8 Å². The highest BCUT2D eigenvalue weighted by Gasteiger charge is 2.37. The van der Waals surface area contributed by atoms with Gasteiger partial charge in [-0.15, -0.1) is 0 Å². The fraction of sp³-hybridized carbons (Fsp3) is 0.435. The summed E-state index contributed by atoms with van der Waals surface area (Å²) in [5.74, 6) is 1.25. The zero-order chi connectivity index (χ0) is 20.4. The Labute approximate surface area is 176 Å². The third-order valence-corrected chi connectivity index (χ3v) is 5.83. The highest BCUT2D eigenvalue weighted by atomic mass is 35.5. The van der Waals surface area contributed by atoms with Crippen molar-refractivity contribution in [1.82, 2.24) is 5.32 Å². The molecular formula is C23H26ClNO4. The van der Waals surface area contributed by atoms with E-state index >= 15 is 0 Å². The van der Waals surface area contributed by atoms with Crippen LogP contribution >= 0.6 is 11.6 Å². The molecule has 0 spiro atoms. The van der Waals surface area contributed by atoms with Crippen molar-refractivity contribution >= 4 is 17.5 Å². The maximum absolute atomic E-state index is 12.8. The lowest BCUT2D eigenvalue weighted by atomic mass is 9.91. The number of hydrogen-bond acceptors (Lipinski definition) is 4. The van der Waals surface area contributed by atoms with Gasteiger partial charge in [0.05, 0.1) is 7.11 Å². The van der Waals surface area contributed by atoms with E-state index in [0.717, 1.165) is 41.2 Å². The molecule has 0 unspecified atom stereocenters. The molecule has 1 N–H and O–H groups in total. The number of ether oxygens (including phenoxy) is 3. The van der Waals surface area contributed by atoms with Gasteiger partial charge in [-0.05, 0) is 49.6 Å². The predicted molar refractivity (Wildman–Crippen MR) is 112 cm³/mol. The number of carbonyl (C=O) groups excluding carboxylic acids is 1.